The number of carbonyl (C=O) groups excluding carboxylic acids is 1. The molecule has 1 aromatic heterocycles. The first-order chi connectivity index (χ1) is 11.9. The molecule has 2 aromatic rings. The molecule has 1 unspecified atom stereocenters. The Morgan fingerprint density at radius 3 is 2.84 bits per heavy atom. The first-order valence-electron chi connectivity index (χ1n) is 8.24. The summed E-state index contributed by atoms with van der Waals surface area (Å²) in [6.45, 7) is 1.74. The Kier molecular flexibility index (Phi) is 4.92. The number of nitrogens with one attached hydrogen (secondary N) is 2. The minimum Gasteiger partial charge on any atom is -0.352 e. The molecule has 1 aromatic carbocycles. The third-order valence-electron chi connectivity index (χ3n) is 4.53. The number of halogens is 2. The van der Waals surface area contributed by atoms with E-state index in [0.717, 1.165) is 17.8 Å². The number of H-pyrrole nitrogens is 1. The highest BCUT2D eigenvalue weighted by Gasteiger charge is 2.24. The molecule has 0 saturated heterocycles. The van der Waals surface area contributed by atoms with Crippen LogP contribution in [0.15, 0.2) is 23.0 Å². The quantitative estimate of drug-likeness (QED) is 0.836. The molecule has 25 heavy (non-hydrogen) atoms. The van der Waals surface area contributed by atoms with Gasteiger partial charge in [0.25, 0.3) is 5.56 Å². The number of benzene rings is 1. The third-order valence-corrected chi connectivity index (χ3v) is 4.53. The zero-order valence-electron chi connectivity index (χ0n) is 13.9. The summed E-state index contributed by atoms with van der Waals surface area (Å²) in [6, 6.07) is 3.28. The van der Waals surface area contributed by atoms with Gasteiger partial charge >= 0.3 is 0 Å². The fourth-order valence-electron chi connectivity index (χ4n) is 3.16. The molecule has 7 heteroatoms. The molecule has 0 bridgehead atoms. The molecule has 132 valence electrons. The average Bonchev–Trinajstić information content (AvgIpc) is 2.76. The van der Waals surface area contributed by atoms with Crippen molar-refractivity contribution in [2.75, 3.05) is 0 Å². The highest BCUT2D eigenvalue weighted by molar-refractivity contribution is 5.78. The number of carbonyl (C=O) groups is 1. The van der Waals surface area contributed by atoms with Crippen molar-refractivity contribution in [3.63, 3.8) is 0 Å². The van der Waals surface area contributed by atoms with Crippen molar-refractivity contribution in [1.82, 2.24) is 15.3 Å². The second-order valence-electron chi connectivity index (χ2n) is 6.30. The largest absolute Gasteiger partial charge is 0.352 e. The van der Waals surface area contributed by atoms with Crippen LogP contribution in [0.4, 0.5) is 8.78 Å². The predicted molar refractivity (Wildman–Crippen MR) is 87.9 cm³/mol. The molecule has 3 rings (SSSR count). The Morgan fingerprint density at radius 1 is 1.32 bits per heavy atom. The molecule has 0 fully saturated rings. The van der Waals surface area contributed by atoms with E-state index in [1.807, 2.05) is 0 Å². The van der Waals surface area contributed by atoms with Crippen molar-refractivity contribution < 1.29 is 13.6 Å². The van der Waals surface area contributed by atoms with E-state index in [0.29, 0.717) is 37.1 Å². The summed E-state index contributed by atoms with van der Waals surface area (Å²) in [5.41, 5.74) is 1.49. The minimum atomic E-state index is -0.681. The summed E-state index contributed by atoms with van der Waals surface area (Å²) in [5, 5.41) is 2.70. The number of aromatic nitrogens is 2. The number of hydrogen-bond donors (Lipinski definition) is 2. The van der Waals surface area contributed by atoms with Gasteiger partial charge in [0.1, 0.15) is 17.5 Å². The fraction of sp³-hybridized carbons (Fsp3) is 0.389. The summed E-state index contributed by atoms with van der Waals surface area (Å²) in [6.07, 6.45) is 2.17. The molecule has 1 aliphatic rings. The van der Waals surface area contributed by atoms with Gasteiger partial charge in [-0.3, -0.25) is 9.59 Å². The first-order valence-corrected chi connectivity index (χ1v) is 8.24. The Balaban J connectivity index is 1.64. The van der Waals surface area contributed by atoms with Gasteiger partial charge < -0.3 is 10.3 Å². The van der Waals surface area contributed by atoms with E-state index >= 15 is 0 Å². The van der Waals surface area contributed by atoms with Gasteiger partial charge in [-0.2, -0.15) is 0 Å². The Hall–Kier alpha value is -2.57. The molecule has 1 amide bonds. The monoisotopic (exact) mass is 347 g/mol. The maximum absolute atomic E-state index is 13.6. The summed E-state index contributed by atoms with van der Waals surface area (Å²) < 4.78 is 26.5. The smallest absolute Gasteiger partial charge is 0.254 e. The van der Waals surface area contributed by atoms with E-state index in [2.05, 4.69) is 15.3 Å². The number of amides is 1. The second-order valence-corrected chi connectivity index (χ2v) is 6.30. The molecule has 1 aliphatic carbocycles. The van der Waals surface area contributed by atoms with E-state index in [4.69, 9.17) is 0 Å². The van der Waals surface area contributed by atoms with Gasteiger partial charge in [0.05, 0.1) is 5.69 Å². The molecule has 0 spiro atoms. The number of rotatable bonds is 3. The van der Waals surface area contributed by atoms with Gasteiger partial charge in [0.15, 0.2) is 0 Å². The van der Waals surface area contributed by atoms with Crippen molar-refractivity contribution in [2.45, 2.75) is 39.2 Å². The lowest BCUT2D eigenvalue weighted by atomic mass is 9.98. The first kappa shape index (κ1) is 17.3. The van der Waals surface area contributed by atoms with Crippen LogP contribution in [0, 0.1) is 24.5 Å². The van der Waals surface area contributed by atoms with Crippen molar-refractivity contribution in [2.24, 2.45) is 5.92 Å². The van der Waals surface area contributed by atoms with Crippen molar-refractivity contribution in [1.29, 1.82) is 0 Å². The molecule has 0 saturated carbocycles. The van der Waals surface area contributed by atoms with E-state index in [9.17, 15) is 18.4 Å². The highest BCUT2D eigenvalue weighted by Crippen LogP contribution is 2.22. The van der Waals surface area contributed by atoms with Crippen molar-refractivity contribution in [3.8, 4) is 0 Å². The second kappa shape index (κ2) is 7.13. The van der Waals surface area contributed by atoms with Crippen LogP contribution < -0.4 is 10.9 Å². The normalized spacial score (nSPS) is 16.8. The van der Waals surface area contributed by atoms with E-state index in [-0.39, 0.29) is 29.5 Å². The van der Waals surface area contributed by atoms with E-state index in [1.54, 1.807) is 6.92 Å². The van der Waals surface area contributed by atoms with Crippen LogP contribution in [0.25, 0.3) is 0 Å². The minimum absolute atomic E-state index is 0.00629. The molecule has 5 nitrogen and oxygen atoms in total. The number of nitrogens with zero attached hydrogens (tertiary/aromatic N) is 1. The van der Waals surface area contributed by atoms with Gasteiger partial charge in [0.2, 0.25) is 5.91 Å². The van der Waals surface area contributed by atoms with Gasteiger partial charge in [-0.25, -0.2) is 13.8 Å². The lowest BCUT2D eigenvalue weighted by Crippen LogP contribution is -2.30. The maximum Gasteiger partial charge on any atom is 0.254 e. The SMILES string of the molecule is Cc1nc2c(c(=O)[nH]1)CCC(C(=O)NCc1ccc(F)cc1F)CC2. The zero-order valence-corrected chi connectivity index (χ0v) is 13.9. The number of hydrogen-bond acceptors (Lipinski definition) is 3. The standard InChI is InChI=1S/C18H19F2N3O2/c1-10-22-16-7-4-11(3-6-14(16)18(25)23-10)17(24)21-9-12-2-5-13(19)8-15(12)20/h2,5,8,11H,3-4,6-7,9H2,1H3,(H,21,24)(H,22,23,25). The van der Waals surface area contributed by atoms with Gasteiger partial charge in [-0.1, -0.05) is 6.07 Å². The van der Waals surface area contributed by atoms with Crippen LogP contribution in [-0.2, 0) is 24.2 Å². The highest BCUT2D eigenvalue weighted by atomic mass is 19.1. The lowest BCUT2D eigenvalue weighted by molar-refractivity contribution is -0.125. The third kappa shape index (κ3) is 3.92. The molecule has 0 aliphatic heterocycles. The molecular formula is C18H19F2N3O2. The Labute approximate surface area is 143 Å². The van der Waals surface area contributed by atoms with Gasteiger partial charge in [-0.05, 0) is 38.7 Å². The van der Waals surface area contributed by atoms with E-state index < -0.39 is 11.6 Å². The molecule has 1 heterocycles. The van der Waals surface area contributed by atoms with Crippen molar-refractivity contribution >= 4 is 5.91 Å². The molecule has 1 atom stereocenters. The molecule has 0 radical (unpaired) electrons. The van der Waals surface area contributed by atoms with Crippen molar-refractivity contribution in [3.05, 3.63) is 62.8 Å². The lowest BCUT2D eigenvalue weighted by Gasteiger charge is -2.14. The van der Waals surface area contributed by atoms with E-state index in [1.165, 1.54) is 6.07 Å². The fourth-order valence-corrected chi connectivity index (χ4v) is 3.16. The molecular weight excluding hydrogens is 328 g/mol. The van der Waals surface area contributed by atoms with Crippen LogP contribution in [0.1, 0.15) is 35.5 Å². The van der Waals surface area contributed by atoms with Crippen LogP contribution >= 0.6 is 0 Å². The van der Waals surface area contributed by atoms with Gasteiger partial charge in [-0.15, -0.1) is 0 Å². The number of aromatic amines is 1. The van der Waals surface area contributed by atoms with Crippen LogP contribution in [0.2, 0.25) is 0 Å². The Morgan fingerprint density at radius 2 is 2.08 bits per heavy atom. The summed E-state index contributed by atoms with van der Waals surface area (Å²) in [5.74, 6) is -1.22. The van der Waals surface area contributed by atoms with Crippen LogP contribution in [-0.4, -0.2) is 15.9 Å². The summed E-state index contributed by atoms with van der Waals surface area (Å²) in [7, 11) is 0. The topological polar surface area (TPSA) is 74.8 Å². The maximum atomic E-state index is 13.6. The van der Waals surface area contributed by atoms with Gasteiger partial charge in [0, 0.05) is 29.7 Å². The predicted octanol–water partition coefficient (Wildman–Crippen LogP) is 2.17. The molecule has 2 N–H and O–H groups in total. The van der Waals surface area contributed by atoms with Crippen LogP contribution in [0.3, 0.4) is 0 Å². The number of aryl methyl sites for hydroxylation is 2. The average molecular weight is 347 g/mol. The summed E-state index contributed by atoms with van der Waals surface area (Å²) >= 11 is 0. The summed E-state index contributed by atoms with van der Waals surface area (Å²) in [4.78, 5) is 31.5. The number of fused-ring (bicyclic) bond motifs is 1. The van der Waals surface area contributed by atoms with Crippen LogP contribution in [0.5, 0.6) is 0 Å². The Bertz CT molecular complexity index is 864. The zero-order chi connectivity index (χ0) is 18.0.